The number of carbonyl (C=O) groups excluding carboxylic acids is 1. The molecule has 0 heterocycles. The second kappa shape index (κ2) is 6.12. The summed E-state index contributed by atoms with van der Waals surface area (Å²) in [5.41, 5.74) is 0.991. The van der Waals surface area contributed by atoms with Gasteiger partial charge in [-0.25, -0.2) is 0 Å². The van der Waals surface area contributed by atoms with E-state index >= 15 is 0 Å². The normalized spacial score (nSPS) is 12.1. The minimum atomic E-state index is -0.226. The average Bonchev–Trinajstić information content (AvgIpc) is 2.28. The largest absolute Gasteiger partial charge is 0.508 e. The smallest absolute Gasteiger partial charge is 0.306 e. The first kappa shape index (κ1) is 12.5. The molecule has 88 valence electrons. The number of methoxy groups -OCH3 is 1. The molecule has 0 radical (unpaired) electrons. The molecule has 4 heteroatoms. The first-order valence-electron chi connectivity index (χ1n) is 5.22. The molecule has 1 aromatic rings. The zero-order valence-corrected chi connectivity index (χ0v) is 9.56. The van der Waals surface area contributed by atoms with Crippen LogP contribution in [0.15, 0.2) is 24.3 Å². The third-order valence-electron chi connectivity index (χ3n) is 2.38. The lowest BCUT2D eigenvalue weighted by molar-refractivity contribution is -0.140. The maximum atomic E-state index is 10.9. The number of hydrogen-bond donors (Lipinski definition) is 2. The maximum absolute atomic E-state index is 10.9. The minimum absolute atomic E-state index is 0.0942. The molecule has 0 aliphatic carbocycles. The van der Waals surface area contributed by atoms with E-state index in [1.54, 1.807) is 18.2 Å². The monoisotopic (exact) mass is 223 g/mol. The van der Waals surface area contributed by atoms with Crippen molar-refractivity contribution < 1.29 is 14.6 Å². The van der Waals surface area contributed by atoms with Gasteiger partial charge in [0.25, 0.3) is 0 Å². The van der Waals surface area contributed by atoms with E-state index in [1.807, 2.05) is 13.0 Å². The van der Waals surface area contributed by atoms with Crippen molar-refractivity contribution in [1.29, 1.82) is 0 Å². The molecule has 1 atom stereocenters. The first-order chi connectivity index (χ1) is 7.63. The molecule has 0 amide bonds. The summed E-state index contributed by atoms with van der Waals surface area (Å²) < 4.78 is 4.54. The van der Waals surface area contributed by atoms with Gasteiger partial charge < -0.3 is 15.2 Å². The quantitative estimate of drug-likeness (QED) is 0.744. The second-order valence-electron chi connectivity index (χ2n) is 3.60. The van der Waals surface area contributed by atoms with Crippen LogP contribution in [0.2, 0.25) is 0 Å². The molecule has 0 aliphatic rings. The van der Waals surface area contributed by atoms with Crippen LogP contribution in [-0.2, 0) is 9.53 Å². The highest BCUT2D eigenvalue weighted by atomic mass is 16.5. The van der Waals surface area contributed by atoms with E-state index < -0.39 is 0 Å². The molecule has 1 aromatic carbocycles. The van der Waals surface area contributed by atoms with Gasteiger partial charge in [0.15, 0.2) is 0 Å². The van der Waals surface area contributed by atoms with Crippen molar-refractivity contribution in [2.24, 2.45) is 0 Å². The summed E-state index contributed by atoms with van der Waals surface area (Å²) in [6, 6.07) is 7.15. The van der Waals surface area contributed by atoms with Crippen LogP contribution in [0, 0.1) is 0 Å². The molecule has 1 rings (SSSR count). The number of nitrogens with one attached hydrogen (secondary N) is 1. The summed E-state index contributed by atoms with van der Waals surface area (Å²) in [6.07, 6.45) is 0.347. The second-order valence-corrected chi connectivity index (χ2v) is 3.60. The molecular formula is C12H17NO3. The van der Waals surface area contributed by atoms with Crippen molar-refractivity contribution in [2.75, 3.05) is 13.7 Å². The molecule has 1 unspecified atom stereocenters. The van der Waals surface area contributed by atoms with Gasteiger partial charge in [-0.15, -0.1) is 0 Å². The predicted octanol–water partition coefficient (Wildman–Crippen LogP) is 1.61. The van der Waals surface area contributed by atoms with Gasteiger partial charge >= 0.3 is 5.97 Å². The number of benzene rings is 1. The van der Waals surface area contributed by atoms with E-state index in [0.717, 1.165) is 5.56 Å². The fraction of sp³-hybridized carbons (Fsp3) is 0.417. The van der Waals surface area contributed by atoms with Gasteiger partial charge in [-0.1, -0.05) is 12.1 Å². The van der Waals surface area contributed by atoms with Crippen molar-refractivity contribution in [1.82, 2.24) is 5.32 Å². The lowest BCUT2D eigenvalue weighted by atomic mass is 10.1. The summed E-state index contributed by atoms with van der Waals surface area (Å²) in [5, 5.41) is 12.5. The molecule has 0 saturated carbocycles. The highest BCUT2D eigenvalue weighted by Gasteiger charge is 2.06. The lowest BCUT2D eigenvalue weighted by Gasteiger charge is -2.13. The van der Waals surface area contributed by atoms with Crippen LogP contribution in [0.5, 0.6) is 5.75 Å². The van der Waals surface area contributed by atoms with Gasteiger partial charge in [0, 0.05) is 12.6 Å². The Morgan fingerprint density at radius 1 is 1.56 bits per heavy atom. The van der Waals surface area contributed by atoms with Crippen LogP contribution in [0.25, 0.3) is 0 Å². The number of esters is 1. The Bertz CT molecular complexity index is 352. The molecule has 2 N–H and O–H groups in total. The number of phenols is 1. The Kier molecular flexibility index (Phi) is 4.79. The molecular weight excluding hydrogens is 206 g/mol. The molecule has 16 heavy (non-hydrogen) atoms. The molecule has 0 bridgehead atoms. The van der Waals surface area contributed by atoms with E-state index in [9.17, 15) is 9.90 Å². The molecule has 4 nitrogen and oxygen atoms in total. The van der Waals surface area contributed by atoms with Gasteiger partial charge in [-0.2, -0.15) is 0 Å². The van der Waals surface area contributed by atoms with Crippen molar-refractivity contribution in [3.63, 3.8) is 0 Å². The van der Waals surface area contributed by atoms with Crippen LogP contribution >= 0.6 is 0 Å². The molecule has 0 aliphatic heterocycles. The number of aromatic hydroxyl groups is 1. The van der Waals surface area contributed by atoms with Gasteiger partial charge in [-0.3, -0.25) is 4.79 Å². The van der Waals surface area contributed by atoms with Gasteiger partial charge in [-0.05, 0) is 24.6 Å². The van der Waals surface area contributed by atoms with E-state index in [-0.39, 0.29) is 17.8 Å². The summed E-state index contributed by atoms with van der Waals surface area (Å²) >= 11 is 0. The highest BCUT2D eigenvalue weighted by molar-refractivity contribution is 5.69. The van der Waals surface area contributed by atoms with Crippen molar-refractivity contribution >= 4 is 5.97 Å². The standard InChI is InChI=1S/C12H17NO3/c1-9(13-7-6-12(15)16-2)10-4-3-5-11(14)8-10/h3-5,8-9,13-14H,6-7H2,1-2H3. The summed E-state index contributed by atoms with van der Waals surface area (Å²) in [6.45, 7) is 2.54. The predicted molar refractivity (Wildman–Crippen MR) is 61.2 cm³/mol. The van der Waals surface area contributed by atoms with Crippen LogP contribution in [0.3, 0.4) is 0 Å². The van der Waals surface area contributed by atoms with Gasteiger partial charge in [0.1, 0.15) is 5.75 Å². The van der Waals surface area contributed by atoms with Crippen LogP contribution in [0.1, 0.15) is 24.9 Å². The SMILES string of the molecule is COC(=O)CCNC(C)c1cccc(O)c1. The van der Waals surface area contributed by atoms with Gasteiger partial charge in [0.2, 0.25) is 0 Å². The lowest BCUT2D eigenvalue weighted by Crippen LogP contribution is -2.22. The fourth-order valence-electron chi connectivity index (χ4n) is 1.40. The Hall–Kier alpha value is -1.55. The van der Waals surface area contributed by atoms with Crippen LogP contribution in [0.4, 0.5) is 0 Å². The van der Waals surface area contributed by atoms with Crippen molar-refractivity contribution in [3.05, 3.63) is 29.8 Å². The third kappa shape index (κ3) is 3.90. The van der Waals surface area contributed by atoms with Crippen LogP contribution in [-0.4, -0.2) is 24.7 Å². The first-order valence-corrected chi connectivity index (χ1v) is 5.22. The molecule has 0 aromatic heterocycles. The Morgan fingerprint density at radius 3 is 2.94 bits per heavy atom. The summed E-state index contributed by atoms with van der Waals surface area (Å²) in [7, 11) is 1.38. The Morgan fingerprint density at radius 2 is 2.31 bits per heavy atom. The Balaban J connectivity index is 2.40. The Labute approximate surface area is 95.2 Å². The van der Waals surface area contributed by atoms with Crippen molar-refractivity contribution in [3.8, 4) is 5.75 Å². The van der Waals surface area contributed by atoms with E-state index in [4.69, 9.17) is 0 Å². The zero-order valence-electron chi connectivity index (χ0n) is 9.56. The molecule has 0 saturated heterocycles. The average molecular weight is 223 g/mol. The minimum Gasteiger partial charge on any atom is -0.508 e. The number of ether oxygens (including phenoxy) is 1. The maximum Gasteiger partial charge on any atom is 0.306 e. The topological polar surface area (TPSA) is 58.6 Å². The third-order valence-corrected chi connectivity index (χ3v) is 2.38. The zero-order chi connectivity index (χ0) is 12.0. The molecule has 0 spiro atoms. The van der Waals surface area contributed by atoms with E-state index in [2.05, 4.69) is 10.1 Å². The van der Waals surface area contributed by atoms with Crippen molar-refractivity contribution in [2.45, 2.75) is 19.4 Å². The van der Waals surface area contributed by atoms with E-state index in [1.165, 1.54) is 7.11 Å². The number of carbonyl (C=O) groups is 1. The number of hydrogen-bond acceptors (Lipinski definition) is 4. The van der Waals surface area contributed by atoms with Gasteiger partial charge in [0.05, 0.1) is 13.5 Å². The number of rotatable bonds is 5. The van der Waals surface area contributed by atoms with E-state index in [0.29, 0.717) is 13.0 Å². The highest BCUT2D eigenvalue weighted by Crippen LogP contribution is 2.17. The fourth-order valence-corrected chi connectivity index (χ4v) is 1.40. The number of phenolic OH excluding ortho intramolecular Hbond substituents is 1. The van der Waals surface area contributed by atoms with Crippen LogP contribution < -0.4 is 5.32 Å². The summed E-state index contributed by atoms with van der Waals surface area (Å²) in [5.74, 6) is 0.0229. The summed E-state index contributed by atoms with van der Waals surface area (Å²) in [4.78, 5) is 10.9. The molecule has 0 fully saturated rings.